The molecule has 0 aliphatic rings. The number of benzene rings is 3. The van der Waals surface area contributed by atoms with E-state index in [0.29, 0.717) is 0 Å². The van der Waals surface area contributed by atoms with E-state index in [1.165, 1.54) is 16.7 Å². The summed E-state index contributed by atoms with van der Waals surface area (Å²) in [6, 6.07) is 34.3. The fourth-order valence-electron chi connectivity index (χ4n) is 3.15. The Morgan fingerprint density at radius 3 is 1.00 bits per heavy atom. The summed E-state index contributed by atoms with van der Waals surface area (Å²) in [5.41, 5.74) is 3.88. The molecule has 0 atom stereocenters. The molecule has 0 bridgehead atoms. The molecule has 1 N–H and O–H groups in total. The Balaban J connectivity index is 1.85. The van der Waals surface area contributed by atoms with Crippen molar-refractivity contribution in [1.82, 2.24) is 5.40 Å². The fraction of sp³-hybridized carbons (Fsp3) is 0.143. The van der Waals surface area contributed by atoms with Gasteiger partial charge in [0.1, 0.15) is 0 Å². The average Bonchev–Trinajstić information content (AvgIpc) is 2.57. The van der Waals surface area contributed by atoms with E-state index in [4.69, 9.17) is 0 Å². The second kappa shape index (κ2) is 7.40. The minimum absolute atomic E-state index is 0.900. The van der Waals surface area contributed by atoms with Crippen LogP contribution in [0.2, 0.25) is 0 Å². The van der Waals surface area contributed by atoms with Crippen molar-refractivity contribution in [3.63, 3.8) is 0 Å². The lowest BCUT2D eigenvalue weighted by molar-refractivity contribution is 1.09. The molecule has 1 nitrogen and oxygen atoms in total. The highest BCUT2D eigenvalue weighted by atomic mass is 28.3. The maximum atomic E-state index is 9.27. The Morgan fingerprint density at radius 1 is 0.478 bits per heavy atom. The SMILES string of the molecule is [NH][Si](Cc1ccccc1)(Cc1ccccc1)Cc1ccccc1. The minimum Gasteiger partial charge on any atom is -0.284 e. The van der Waals surface area contributed by atoms with Gasteiger partial charge in [-0.05, 0) is 34.8 Å². The molecule has 0 aliphatic heterocycles. The van der Waals surface area contributed by atoms with Gasteiger partial charge in [-0.15, -0.1) is 0 Å². The first-order chi connectivity index (χ1) is 11.2. The summed E-state index contributed by atoms with van der Waals surface area (Å²) in [6.07, 6.45) is 0. The Morgan fingerprint density at radius 2 is 0.739 bits per heavy atom. The summed E-state index contributed by atoms with van der Waals surface area (Å²) in [5, 5.41) is 9.27. The molecule has 0 saturated heterocycles. The fourth-order valence-corrected chi connectivity index (χ4v) is 6.57. The molecule has 115 valence electrons. The molecule has 0 amide bonds. The van der Waals surface area contributed by atoms with Gasteiger partial charge in [-0.3, -0.25) is 5.40 Å². The summed E-state index contributed by atoms with van der Waals surface area (Å²) in [4.78, 5) is 0. The molecule has 0 fully saturated rings. The zero-order valence-electron chi connectivity index (χ0n) is 13.3. The van der Waals surface area contributed by atoms with Gasteiger partial charge in [-0.2, -0.15) is 0 Å². The molecule has 0 unspecified atom stereocenters. The Bertz CT molecular complexity index is 609. The molecule has 0 aliphatic carbocycles. The van der Waals surface area contributed by atoms with Gasteiger partial charge in [0.25, 0.3) is 0 Å². The van der Waals surface area contributed by atoms with Gasteiger partial charge >= 0.3 is 0 Å². The minimum atomic E-state index is -2.22. The van der Waals surface area contributed by atoms with Crippen LogP contribution < -0.4 is 5.40 Å². The van der Waals surface area contributed by atoms with Gasteiger partial charge in [0.2, 0.25) is 0 Å². The lowest BCUT2D eigenvalue weighted by atomic mass is 10.2. The molecule has 3 rings (SSSR count). The van der Waals surface area contributed by atoms with Crippen molar-refractivity contribution in [3.05, 3.63) is 108 Å². The van der Waals surface area contributed by atoms with Crippen LogP contribution in [0.5, 0.6) is 0 Å². The molecule has 0 heterocycles. The van der Waals surface area contributed by atoms with Crippen LogP contribution in [-0.4, -0.2) is 8.24 Å². The van der Waals surface area contributed by atoms with Crippen molar-refractivity contribution in [2.45, 2.75) is 18.1 Å². The van der Waals surface area contributed by atoms with Crippen LogP contribution in [0.4, 0.5) is 0 Å². The largest absolute Gasteiger partial charge is 0.284 e. The van der Waals surface area contributed by atoms with E-state index >= 15 is 0 Å². The quantitative estimate of drug-likeness (QED) is 0.595. The molecule has 0 saturated carbocycles. The zero-order valence-corrected chi connectivity index (χ0v) is 14.3. The van der Waals surface area contributed by atoms with Crippen molar-refractivity contribution < 1.29 is 0 Å². The normalized spacial score (nSPS) is 11.3. The summed E-state index contributed by atoms with van der Waals surface area (Å²) < 4.78 is 0. The van der Waals surface area contributed by atoms with Crippen molar-refractivity contribution in [2.75, 3.05) is 0 Å². The first kappa shape index (κ1) is 15.7. The molecular formula is C21H22NSi. The van der Waals surface area contributed by atoms with Gasteiger partial charge in [0.15, 0.2) is 8.24 Å². The third-order valence-electron chi connectivity index (χ3n) is 4.16. The van der Waals surface area contributed by atoms with Crippen LogP contribution >= 0.6 is 0 Å². The molecule has 0 aromatic heterocycles. The first-order valence-electron chi connectivity index (χ1n) is 8.10. The lowest BCUT2D eigenvalue weighted by Crippen LogP contribution is -2.46. The molecule has 23 heavy (non-hydrogen) atoms. The number of nitrogens with one attached hydrogen (secondary N) is 1. The second-order valence-corrected chi connectivity index (χ2v) is 9.89. The Kier molecular flexibility index (Phi) is 5.06. The van der Waals surface area contributed by atoms with E-state index in [2.05, 4.69) is 72.8 Å². The Hall–Kier alpha value is -2.16. The molecule has 3 aromatic rings. The summed E-state index contributed by atoms with van der Waals surface area (Å²) in [5.74, 6) is 0. The highest BCUT2D eigenvalue weighted by Crippen LogP contribution is 2.19. The van der Waals surface area contributed by atoms with Crippen molar-refractivity contribution in [1.29, 1.82) is 0 Å². The number of hydrogen-bond donors (Lipinski definition) is 0. The van der Waals surface area contributed by atoms with Gasteiger partial charge in [-0.1, -0.05) is 91.0 Å². The summed E-state index contributed by atoms with van der Waals surface area (Å²) >= 11 is 0. The third-order valence-corrected chi connectivity index (χ3v) is 7.41. The van der Waals surface area contributed by atoms with E-state index < -0.39 is 8.24 Å². The molecule has 3 aromatic carbocycles. The van der Waals surface area contributed by atoms with E-state index in [0.717, 1.165) is 18.1 Å². The predicted octanol–water partition coefficient (Wildman–Crippen LogP) is 4.56. The summed E-state index contributed by atoms with van der Waals surface area (Å²) in [7, 11) is -2.22. The number of rotatable bonds is 6. The maximum Gasteiger partial charge on any atom is 0.153 e. The highest BCUT2D eigenvalue weighted by molar-refractivity contribution is 6.74. The van der Waals surface area contributed by atoms with Crippen molar-refractivity contribution in [2.24, 2.45) is 0 Å². The molecular weight excluding hydrogens is 294 g/mol. The van der Waals surface area contributed by atoms with E-state index in [-0.39, 0.29) is 0 Å². The first-order valence-corrected chi connectivity index (χ1v) is 10.7. The van der Waals surface area contributed by atoms with E-state index in [9.17, 15) is 5.40 Å². The van der Waals surface area contributed by atoms with Gasteiger partial charge in [0, 0.05) is 0 Å². The van der Waals surface area contributed by atoms with Crippen LogP contribution in [0.25, 0.3) is 0 Å². The van der Waals surface area contributed by atoms with Gasteiger partial charge < -0.3 is 0 Å². The van der Waals surface area contributed by atoms with Gasteiger partial charge in [0.05, 0.1) is 0 Å². The monoisotopic (exact) mass is 316 g/mol. The van der Waals surface area contributed by atoms with Gasteiger partial charge in [-0.25, -0.2) is 0 Å². The highest BCUT2D eigenvalue weighted by Gasteiger charge is 2.30. The topological polar surface area (TPSA) is 23.8 Å². The summed E-state index contributed by atoms with van der Waals surface area (Å²) in [6.45, 7) is 0. The lowest BCUT2D eigenvalue weighted by Gasteiger charge is -2.26. The smallest absolute Gasteiger partial charge is 0.153 e. The third kappa shape index (κ3) is 4.65. The standard InChI is InChI=1S/C21H22NSi/c22-23(16-19-10-4-1-5-11-19,17-20-12-6-2-7-13-20)18-21-14-8-3-9-15-21/h1-15,22H,16-18H2. The van der Waals surface area contributed by atoms with Crippen LogP contribution in [0.15, 0.2) is 91.0 Å². The predicted molar refractivity (Wildman–Crippen MR) is 99.3 cm³/mol. The van der Waals surface area contributed by atoms with E-state index in [1.807, 2.05) is 18.2 Å². The van der Waals surface area contributed by atoms with Crippen LogP contribution in [0.1, 0.15) is 16.7 Å². The molecule has 2 heteroatoms. The number of hydrogen-bond acceptors (Lipinski definition) is 0. The van der Waals surface area contributed by atoms with Crippen LogP contribution in [0, 0.1) is 0 Å². The van der Waals surface area contributed by atoms with Crippen LogP contribution in [0.3, 0.4) is 0 Å². The molecule has 0 spiro atoms. The van der Waals surface area contributed by atoms with Crippen molar-refractivity contribution >= 4 is 8.24 Å². The molecule has 1 radical (unpaired) electrons. The average molecular weight is 316 g/mol. The van der Waals surface area contributed by atoms with E-state index in [1.54, 1.807) is 0 Å². The second-order valence-electron chi connectivity index (χ2n) is 6.27. The van der Waals surface area contributed by atoms with Crippen LogP contribution in [-0.2, 0) is 18.1 Å². The van der Waals surface area contributed by atoms with Crippen molar-refractivity contribution in [3.8, 4) is 0 Å². The Labute approximate surface area is 139 Å². The maximum absolute atomic E-state index is 9.27. The zero-order chi connectivity index (χ0) is 16.0.